The number of nitrogens with zero attached hydrogens (tertiary/aromatic N) is 5. The Bertz CT molecular complexity index is 1700. The number of likely N-dealkylation sites (tertiary alicyclic amines) is 1. The van der Waals surface area contributed by atoms with Gasteiger partial charge in [-0.25, -0.2) is 9.78 Å². The summed E-state index contributed by atoms with van der Waals surface area (Å²) in [4.78, 5) is 44.6. The van der Waals surface area contributed by atoms with Crippen molar-refractivity contribution in [1.29, 1.82) is 0 Å². The number of halogens is 4. The standard InChI is InChI=1S/C31H35ClF3N9O3/c1-42-24(22-15-44(12-16-3-2-4-16)41-26(22)31(33,34)35)11-37-27(42)29(46)38-17-5-6-19(23(32)9-17)28(45)40-25-20-13-43(14-21(20)25)30(47)39-18-7-8-36-10-18/h5-6,9,11,15-16,18,20-21,25,36H,2-4,7-8,10,12-14H2,1H3,(H,38,46)(H,39,47)(H,40,45)/t18-,20-,21+,25+/m0/s1. The smallest absolute Gasteiger partial charge is 0.349 e. The number of benzene rings is 1. The number of aromatic nitrogens is 4. The van der Waals surface area contributed by atoms with Gasteiger partial charge in [0.05, 0.1) is 28.0 Å². The third-order valence-electron chi connectivity index (χ3n) is 9.81. The van der Waals surface area contributed by atoms with Crippen molar-refractivity contribution in [3.8, 4) is 11.3 Å². The van der Waals surface area contributed by atoms with Gasteiger partial charge in [0.15, 0.2) is 11.5 Å². The number of piperidine rings is 1. The summed E-state index contributed by atoms with van der Waals surface area (Å²) >= 11 is 6.44. The molecule has 7 rings (SSSR count). The van der Waals surface area contributed by atoms with Gasteiger partial charge in [0.1, 0.15) is 0 Å². The van der Waals surface area contributed by atoms with Crippen molar-refractivity contribution in [3.63, 3.8) is 0 Å². The number of fused-ring (bicyclic) bond motifs is 1. The number of alkyl halides is 3. The van der Waals surface area contributed by atoms with Crippen LogP contribution in [-0.4, -0.2) is 80.3 Å². The SMILES string of the molecule is Cn1c(-c2cn(CC3CCC3)nc2C(F)(F)F)cnc1C(=O)Nc1ccc(C(=O)N[C@H]2[C@@H]3CN(C(=O)N[C@H]4CCNC4)C[C@@H]32)c(Cl)c1. The van der Waals surface area contributed by atoms with Crippen LogP contribution >= 0.6 is 11.6 Å². The summed E-state index contributed by atoms with van der Waals surface area (Å²) in [6.45, 7) is 3.23. The average Bonchev–Trinajstić information content (AvgIpc) is 3.61. The Balaban J connectivity index is 0.964. The van der Waals surface area contributed by atoms with E-state index in [4.69, 9.17) is 11.6 Å². The average molecular weight is 674 g/mol. The summed E-state index contributed by atoms with van der Waals surface area (Å²) in [6.07, 6.45) is 1.80. The molecule has 12 nitrogen and oxygen atoms in total. The van der Waals surface area contributed by atoms with E-state index < -0.39 is 17.8 Å². The van der Waals surface area contributed by atoms with Crippen LogP contribution < -0.4 is 21.3 Å². The van der Waals surface area contributed by atoms with Crippen molar-refractivity contribution in [2.24, 2.45) is 24.8 Å². The normalized spacial score (nSPS) is 23.7. The molecule has 0 spiro atoms. The molecule has 2 saturated heterocycles. The van der Waals surface area contributed by atoms with Gasteiger partial charge in [-0.05, 0) is 49.9 Å². The fourth-order valence-electron chi connectivity index (χ4n) is 6.87. The van der Waals surface area contributed by atoms with Crippen LogP contribution in [-0.2, 0) is 19.8 Å². The van der Waals surface area contributed by atoms with E-state index in [2.05, 4.69) is 31.3 Å². The lowest BCUT2D eigenvalue weighted by molar-refractivity contribution is -0.141. The Morgan fingerprint density at radius 3 is 2.49 bits per heavy atom. The zero-order valence-corrected chi connectivity index (χ0v) is 26.4. The Morgan fingerprint density at radius 2 is 1.85 bits per heavy atom. The molecule has 2 aliphatic heterocycles. The Hall–Kier alpha value is -4.11. The van der Waals surface area contributed by atoms with Crippen LogP contribution in [0.4, 0.5) is 23.7 Å². The number of hydrogen-bond donors (Lipinski definition) is 4. The predicted molar refractivity (Wildman–Crippen MR) is 166 cm³/mol. The van der Waals surface area contributed by atoms with Gasteiger partial charge in [0.2, 0.25) is 0 Å². The van der Waals surface area contributed by atoms with Crippen molar-refractivity contribution in [2.75, 3.05) is 31.5 Å². The van der Waals surface area contributed by atoms with E-state index in [0.717, 1.165) is 38.8 Å². The minimum absolute atomic E-state index is 0.0454. The Kier molecular flexibility index (Phi) is 8.15. The molecule has 4 atom stereocenters. The highest BCUT2D eigenvalue weighted by Gasteiger charge is 2.57. The molecule has 2 aromatic heterocycles. The topological polar surface area (TPSA) is 138 Å². The second kappa shape index (κ2) is 12.2. The van der Waals surface area contributed by atoms with Gasteiger partial charge in [-0.15, -0.1) is 0 Å². The lowest BCUT2D eigenvalue weighted by atomic mass is 9.85. The summed E-state index contributed by atoms with van der Waals surface area (Å²) in [5, 5.41) is 15.9. The third-order valence-corrected chi connectivity index (χ3v) is 10.1. The first-order valence-electron chi connectivity index (χ1n) is 15.8. The molecule has 0 unspecified atom stereocenters. The number of carbonyl (C=O) groups is 3. The molecule has 2 aliphatic carbocycles. The molecule has 4 N–H and O–H groups in total. The molecule has 4 heterocycles. The molecular formula is C31H35ClF3N9O3. The maximum Gasteiger partial charge on any atom is 0.435 e. The molecule has 16 heteroatoms. The molecule has 4 fully saturated rings. The highest BCUT2D eigenvalue weighted by Crippen LogP contribution is 2.46. The van der Waals surface area contributed by atoms with Gasteiger partial charge in [-0.2, -0.15) is 18.3 Å². The maximum atomic E-state index is 13.9. The Labute approximate surface area is 273 Å². The molecule has 3 aromatic rings. The van der Waals surface area contributed by atoms with Crippen LogP contribution in [0.5, 0.6) is 0 Å². The minimum atomic E-state index is -4.68. The summed E-state index contributed by atoms with van der Waals surface area (Å²) in [6, 6.07) is 4.48. The van der Waals surface area contributed by atoms with Gasteiger partial charge in [-0.1, -0.05) is 18.0 Å². The summed E-state index contributed by atoms with van der Waals surface area (Å²) in [5.74, 6) is -0.440. The number of anilines is 1. The van der Waals surface area contributed by atoms with E-state index in [0.29, 0.717) is 25.6 Å². The maximum absolute atomic E-state index is 13.9. The van der Waals surface area contributed by atoms with Gasteiger partial charge < -0.3 is 30.7 Å². The fraction of sp³-hybridized carbons (Fsp3) is 0.516. The number of urea groups is 1. The second-order valence-electron chi connectivity index (χ2n) is 13.0. The van der Waals surface area contributed by atoms with Gasteiger partial charge >= 0.3 is 12.2 Å². The molecule has 4 aliphatic rings. The van der Waals surface area contributed by atoms with E-state index in [1.165, 1.54) is 46.9 Å². The molecule has 0 radical (unpaired) electrons. The van der Waals surface area contributed by atoms with Crippen LogP contribution in [0.1, 0.15) is 52.4 Å². The van der Waals surface area contributed by atoms with E-state index >= 15 is 0 Å². The lowest BCUT2D eigenvalue weighted by Gasteiger charge is -2.24. The monoisotopic (exact) mass is 673 g/mol. The van der Waals surface area contributed by atoms with Gasteiger partial charge in [0, 0.05) is 69.0 Å². The van der Waals surface area contributed by atoms with Crippen LogP contribution in [0.15, 0.2) is 30.6 Å². The van der Waals surface area contributed by atoms with Crippen LogP contribution in [0.3, 0.4) is 0 Å². The third kappa shape index (κ3) is 6.30. The summed E-state index contributed by atoms with van der Waals surface area (Å²) in [5.41, 5.74) is -0.556. The largest absolute Gasteiger partial charge is 0.435 e. The molecule has 250 valence electrons. The van der Waals surface area contributed by atoms with E-state index in [-0.39, 0.29) is 69.2 Å². The van der Waals surface area contributed by atoms with Crippen molar-refractivity contribution >= 4 is 35.1 Å². The minimum Gasteiger partial charge on any atom is -0.349 e. The van der Waals surface area contributed by atoms with Crippen molar-refractivity contribution in [2.45, 2.75) is 50.5 Å². The molecule has 0 bridgehead atoms. The number of carbonyl (C=O) groups excluding carboxylic acids is 3. The molecule has 4 amide bonds. The molecular weight excluding hydrogens is 639 g/mol. The fourth-order valence-corrected chi connectivity index (χ4v) is 7.13. The van der Waals surface area contributed by atoms with Crippen LogP contribution in [0, 0.1) is 17.8 Å². The predicted octanol–water partition coefficient (Wildman–Crippen LogP) is 3.74. The number of imidazole rings is 1. The number of hydrogen-bond acceptors (Lipinski definition) is 6. The van der Waals surface area contributed by atoms with E-state index in [1.54, 1.807) is 4.90 Å². The zero-order valence-electron chi connectivity index (χ0n) is 25.6. The van der Waals surface area contributed by atoms with Crippen molar-refractivity contribution < 1.29 is 27.6 Å². The molecule has 47 heavy (non-hydrogen) atoms. The summed E-state index contributed by atoms with van der Waals surface area (Å²) in [7, 11) is 1.47. The quantitative estimate of drug-likeness (QED) is 0.288. The van der Waals surface area contributed by atoms with Crippen molar-refractivity contribution in [3.05, 3.63) is 52.7 Å². The number of rotatable bonds is 8. The van der Waals surface area contributed by atoms with E-state index in [1.807, 2.05) is 0 Å². The highest BCUT2D eigenvalue weighted by molar-refractivity contribution is 6.34. The molecule has 1 aromatic carbocycles. The van der Waals surface area contributed by atoms with Crippen LogP contribution in [0.2, 0.25) is 5.02 Å². The summed E-state index contributed by atoms with van der Waals surface area (Å²) < 4.78 is 44.3. The second-order valence-corrected chi connectivity index (χ2v) is 13.4. The van der Waals surface area contributed by atoms with Crippen LogP contribution in [0.25, 0.3) is 11.3 Å². The zero-order chi connectivity index (χ0) is 33.0. The number of nitrogens with one attached hydrogen (secondary N) is 4. The lowest BCUT2D eigenvalue weighted by Crippen LogP contribution is -2.46. The van der Waals surface area contributed by atoms with Gasteiger partial charge in [0.25, 0.3) is 11.8 Å². The van der Waals surface area contributed by atoms with Crippen molar-refractivity contribution in [1.82, 2.24) is 40.2 Å². The van der Waals surface area contributed by atoms with Gasteiger partial charge in [-0.3, -0.25) is 14.3 Å². The Morgan fingerprint density at radius 1 is 1.09 bits per heavy atom. The highest BCUT2D eigenvalue weighted by atomic mass is 35.5. The molecule has 2 saturated carbocycles. The first-order valence-corrected chi connectivity index (χ1v) is 16.2. The van der Waals surface area contributed by atoms with E-state index in [9.17, 15) is 27.6 Å². The first kappa shape index (κ1) is 31.5. The first-order chi connectivity index (χ1) is 22.5. The number of amides is 4.